The summed E-state index contributed by atoms with van der Waals surface area (Å²) in [5.41, 5.74) is 0. The SMILES string of the molecule is O=C(O)c1ccc(-c2ccc(-c3ccc(C(=O)[OH2+])s3)s2)s1. The van der Waals surface area contributed by atoms with Crippen molar-refractivity contribution in [2.75, 3.05) is 0 Å². The van der Waals surface area contributed by atoms with Crippen molar-refractivity contribution in [1.82, 2.24) is 0 Å². The molecule has 106 valence electrons. The third kappa shape index (κ3) is 2.76. The van der Waals surface area contributed by atoms with Gasteiger partial charge in [0.2, 0.25) is 0 Å². The van der Waals surface area contributed by atoms with Gasteiger partial charge in [0.1, 0.15) is 4.88 Å². The van der Waals surface area contributed by atoms with Gasteiger partial charge in [-0.25, -0.2) is 4.79 Å². The second kappa shape index (κ2) is 5.44. The van der Waals surface area contributed by atoms with Gasteiger partial charge in [-0.1, -0.05) is 0 Å². The second-order valence-corrected chi connectivity index (χ2v) is 7.38. The van der Waals surface area contributed by atoms with Crippen molar-refractivity contribution in [2.45, 2.75) is 0 Å². The summed E-state index contributed by atoms with van der Waals surface area (Å²) in [5, 5.41) is 16.0. The maximum Gasteiger partial charge on any atom is 0.559 e. The number of hydrogen-bond acceptors (Lipinski definition) is 5. The normalized spacial score (nSPS) is 10.7. The van der Waals surface area contributed by atoms with Crippen LogP contribution in [0, 0.1) is 0 Å². The summed E-state index contributed by atoms with van der Waals surface area (Å²) < 4.78 is 0. The Labute approximate surface area is 131 Å². The lowest BCUT2D eigenvalue weighted by Crippen LogP contribution is -1.89. The van der Waals surface area contributed by atoms with E-state index in [1.807, 2.05) is 18.2 Å². The molecule has 4 nitrogen and oxygen atoms in total. The highest BCUT2D eigenvalue weighted by Crippen LogP contribution is 2.39. The van der Waals surface area contributed by atoms with Crippen LogP contribution < -0.4 is 0 Å². The summed E-state index contributed by atoms with van der Waals surface area (Å²) >= 11 is 4.08. The molecular weight excluding hydrogens is 328 g/mol. The zero-order valence-electron chi connectivity index (χ0n) is 10.5. The van der Waals surface area contributed by atoms with Crippen molar-refractivity contribution in [3.63, 3.8) is 0 Å². The maximum absolute atomic E-state index is 11.0. The molecule has 3 heterocycles. The molecule has 3 aromatic rings. The molecule has 21 heavy (non-hydrogen) atoms. The molecule has 0 spiro atoms. The monoisotopic (exact) mass is 337 g/mol. The average molecular weight is 337 g/mol. The Kier molecular flexibility index (Phi) is 3.62. The van der Waals surface area contributed by atoms with Crippen LogP contribution in [0.15, 0.2) is 36.4 Å². The van der Waals surface area contributed by atoms with Gasteiger partial charge in [-0.15, -0.1) is 34.0 Å². The quantitative estimate of drug-likeness (QED) is 0.736. The van der Waals surface area contributed by atoms with Crippen molar-refractivity contribution in [3.8, 4) is 19.5 Å². The molecule has 0 aliphatic heterocycles. The lowest BCUT2D eigenvalue weighted by Gasteiger charge is -1.90. The van der Waals surface area contributed by atoms with Crippen molar-refractivity contribution in [1.29, 1.82) is 0 Å². The molecule has 0 unspecified atom stereocenters. The molecule has 0 aromatic carbocycles. The molecule has 0 amide bonds. The van der Waals surface area contributed by atoms with Crippen LogP contribution in [0.3, 0.4) is 0 Å². The van der Waals surface area contributed by atoms with Crippen LogP contribution in [0.4, 0.5) is 0 Å². The topological polar surface area (TPSA) is 77.3 Å². The number of carboxylic acid groups (broad SMARTS) is 1. The van der Waals surface area contributed by atoms with Gasteiger partial charge in [-0.05, 0) is 36.4 Å². The van der Waals surface area contributed by atoms with Gasteiger partial charge in [0.25, 0.3) is 0 Å². The predicted octanol–water partition coefficient (Wildman–Crippen LogP) is 3.77. The summed E-state index contributed by atoms with van der Waals surface area (Å²) in [6, 6.07) is 10.8. The maximum atomic E-state index is 11.0. The minimum Gasteiger partial charge on any atom is -0.560 e. The van der Waals surface area contributed by atoms with E-state index in [-0.39, 0.29) is 0 Å². The van der Waals surface area contributed by atoms with E-state index < -0.39 is 11.9 Å². The smallest absolute Gasteiger partial charge is 0.559 e. The summed E-state index contributed by atoms with van der Waals surface area (Å²) in [4.78, 5) is 26.5. The van der Waals surface area contributed by atoms with Crippen molar-refractivity contribution in [2.24, 2.45) is 0 Å². The third-order valence-electron chi connectivity index (χ3n) is 2.74. The molecular formula is C14H9O4S3+. The highest BCUT2D eigenvalue weighted by atomic mass is 32.1. The number of hydrogen-bond donors (Lipinski definition) is 1. The summed E-state index contributed by atoms with van der Waals surface area (Å²) in [5.74, 6) is -1.59. The first-order valence-electron chi connectivity index (χ1n) is 5.84. The van der Waals surface area contributed by atoms with Crippen LogP contribution in [-0.4, -0.2) is 22.2 Å². The molecule has 0 aliphatic carbocycles. The van der Waals surface area contributed by atoms with E-state index in [9.17, 15) is 9.59 Å². The zero-order chi connectivity index (χ0) is 15.0. The molecule has 7 heteroatoms. The Hall–Kier alpha value is -1.96. The van der Waals surface area contributed by atoms with Crippen molar-refractivity contribution >= 4 is 45.9 Å². The molecule has 3 N–H and O–H groups in total. The minimum absolute atomic E-state index is 0.318. The molecule has 0 bridgehead atoms. The largest absolute Gasteiger partial charge is 0.560 e. The van der Waals surface area contributed by atoms with Gasteiger partial charge < -0.3 is 10.2 Å². The van der Waals surface area contributed by atoms with Crippen LogP contribution in [-0.2, 0) is 0 Å². The number of rotatable bonds is 4. The fourth-order valence-corrected chi connectivity index (χ4v) is 4.66. The van der Waals surface area contributed by atoms with Gasteiger partial charge in [0.15, 0.2) is 4.88 Å². The number of carbonyl (C=O) groups excluding carboxylic acids is 1. The van der Waals surface area contributed by atoms with Crippen molar-refractivity contribution in [3.05, 3.63) is 46.2 Å². The van der Waals surface area contributed by atoms with E-state index in [1.165, 1.54) is 22.7 Å². The predicted molar refractivity (Wildman–Crippen MR) is 85.8 cm³/mol. The van der Waals surface area contributed by atoms with Gasteiger partial charge in [0, 0.05) is 24.3 Å². The summed E-state index contributed by atoms with van der Waals surface area (Å²) in [7, 11) is 0. The van der Waals surface area contributed by atoms with E-state index in [2.05, 4.69) is 0 Å². The Balaban J connectivity index is 1.91. The summed E-state index contributed by atoms with van der Waals surface area (Å²) in [6.45, 7) is 0. The van der Waals surface area contributed by atoms with Crippen LogP contribution in [0.25, 0.3) is 19.5 Å². The molecule has 0 saturated heterocycles. The number of carboxylic acids is 1. The fourth-order valence-electron chi connectivity index (χ4n) is 1.78. The number of thiophene rings is 3. The van der Waals surface area contributed by atoms with Gasteiger partial charge in [-0.3, -0.25) is 0 Å². The van der Waals surface area contributed by atoms with E-state index in [0.717, 1.165) is 19.5 Å². The Morgan fingerprint density at radius 2 is 1.19 bits per heavy atom. The molecule has 3 aromatic heterocycles. The highest BCUT2D eigenvalue weighted by Gasteiger charge is 2.16. The minimum atomic E-state index is -0.917. The second-order valence-electron chi connectivity index (χ2n) is 4.13. The Morgan fingerprint density at radius 3 is 1.62 bits per heavy atom. The highest BCUT2D eigenvalue weighted by molar-refractivity contribution is 7.27. The molecule has 0 radical (unpaired) electrons. The van der Waals surface area contributed by atoms with E-state index in [0.29, 0.717) is 9.75 Å². The molecule has 0 aliphatic rings. The number of carbonyl (C=O) groups is 2. The van der Waals surface area contributed by atoms with Gasteiger partial charge >= 0.3 is 11.9 Å². The lowest BCUT2D eigenvalue weighted by atomic mass is 10.3. The Morgan fingerprint density at radius 1 is 0.762 bits per heavy atom. The van der Waals surface area contributed by atoms with Crippen LogP contribution >= 0.6 is 34.0 Å². The summed E-state index contributed by atoms with van der Waals surface area (Å²) in [6.07, 6.45) is 0. The zero-order valence-corrected chi connectivity index (χ0v) is 12.9. The number of aromatic carboxylic acids is 1. The fraction of sp³-hybridized carbons (Fsp3) is 0. The first-order valence-corrected chi connectivity index (χ1v) is 8.29. The molecule has 0 saturated carbocycles. The third-order valence-corrected chi connectivity index (χ3v) is 6.37. The van der Waals surface area contributed by atoms with Crippen LogP contribution in [0.5, 0.6) is 0 Å². The molecule has 0 atom stereocenters. The first-order chi connectivity index (χ1) is 10.0. The van der Waals surface area contributed by atoms with Crippen molar-refractivity contribution < 1.29 is 19.8 Å². The van der Waals surface area contributed by atoms with Crippen LogP contribution in [0.2, 0.25) is 0 Å². The standard InChI is InChI=1S/C14H8O4S3/c15-13(16)11-5-3-9(20-11)7-1-2-8(19-7)10-4-6-12(21-10)14(17)18/h1-6H,(H,15,16)(H,17,18)/p+1. The van der Waals surface area contributed by atoms with E-state index >= 15 is 0 Å². The lowest BCUT2D eigenvalue weighted by molar-refractivity contribution is 0.0691. The van der Waals surface area contributed by atoms with Crippen LogP contribution in [0.1, 0.15) is 19.3 Å². The van der Waals surface area contributed by atoms with Gasteiger partial charge in [0.05, 0.1) is 0 Å². The molecule has 3 rings (SSSR count). The van der Waals surface area contributed by atoms with E-state index in [4.69, 9.17) is 10.2 Å². The Bertz CT molecular complexity index is 758. The average Bonchev–Trinajstić information content (AvgIpc) is 3.18. The molecule has 0 fully saturated rings. The first kappa shape index (κ1) is 14.0. The van der Waals surface area contributed by atoms with Gasteiger partial charge in [-0.2, -0.15) is 0 Å². The van der Waals surface area contributed by atoms with E-state index in [1.54, 1.807) is 29.5 Å².